The Labute approximate surface area is 137 Å². The fourth-order valence-electron chi connectivity index (χ4n) is 1.93. The summed E-state index contributed by atoms with van der Waals surface area (Å²) in [6.07, 6.45) is 1.09. The summed E-state index contributed by atoms with van der Waals surface area (Å²) in [6.45, 7) is 1.89. The fraction of sp³-hybridized carbons (Fsp3) is 0.133. The van der Waals surface area contributed by atoms with E-state index in [0.29, 0.717) is 5.69 Å². The molecule has 0 unspecified atom stereocenters. The zero-order chi connectivity index (χ0) is 15.6. The first-order valence-electron chi connectivity index (χ1n) is 6.15. The monoisotopic (exact) mass is 415 g/mol. The summed E-state index contributed by atoms with van der Waals surface area (Å²) in [5.74, 6) is -0.430. The first-order chi connectivity index (χ1) is 9.79. The van der Waals surface area contributed by atoms with E-state index < -0.39 is 15.7 Å². The summed E-state index contributed by atoms with van der Waals surface area (Å²) in [4.78, 5) is 12.4. The van der Waals surface area contributed by atoms with Crippen LogP contribution >= 0.6 is 22.6 Å². The van der Waals surface area contributed by atoms with Crippen LogP contribution in [-0.2, 0) is 9.84 Å². The standard InChI is InChI=1S/C15H14INO3S/c1-10-9-11(16)7-8-13(10)17-15(18)12-5-3-4-6-14(12)21(2,19)20/h3-9H,1-2H3,(H,17,18). The highest BCUT2D eigenvalue weighted by atomic mass is 127. The van der Waals surface area contributed by atoms with Gasteiger partial charge in [0.15, 0.2) is 9.84 Å². The van der Waals surface area contributed by atoms with Crippen LogP contribution in [0.15, 0.2) is 47.4 Å². The maximum absolute atomic E-state index is 12.3. The lowest BCUT2D eigenvalue weighted by Crippen LogP contribution is -2.16. The molecule has 0 aliphatic rings. The average molecular weight is 415 g/mol. The smallest absolute Gasteiger partial charge is 0.256 e. The van der Waals surface area contributed by atoms with Crippen molar-refractivity contribution in [3.8, 4) is 0 Å². The third-order valence-corrected chi connectivity index (χ3v) is 4.79. The van der Waals surface area contributed by atoms with E-state index in [-0.39, 0.29) is 10.5 Å². The van der Waals surface area contributed by atoms with Crippen LogP contribution in [0, 0.1) is 10.5 Å². The van der Waals surface area contributed by atoms with E-state index in [2.05, 4.69) is 27.9 Å². The van der Waals surface area contributed by atoms with Crippen molar-refractivity contribution in [3.63, 3.8) is 0 Å². The van der Waals surface area contributed by atoms with Crippen molar-refractivity contribution in [1.82, 2.24) is 0 Å². The Kier molecular flexibility index (Phi) is 4.67. The van der Waals surface area contributed by atoms with Crippen LogP contribution in [0.5, 0.6) is 0 Å². The van der Waals surface area contributed by atoms with E-state index in [0.717, 1.165) is 15.4 Å². The summed E-state index contributed by atoms with van der Waals surface area (Å²) in [7, 11) is -3.45. The molecule has 0 fully saturated rings. The van der Waals surface area contributed by atoms with E-state index in [9.17, 15) is 13.2 Å². The van der Waals surface area contributed by atoms with Gasteiger partial charge in [-0.1, -0.05) is 12.1 Å². The second-order valence-corrected chi connectivity index (χ2v) is 7.91. The van der Waals surface area contributed by atoms with E-state index in [1.807, 2.05) is 19.1 Å². The molecule has 0 atom stereocenters. The number of carbonyl (C=O) groups is 1. The van der Waals surface area contributed by atoms with Crippen molar-refractivity contribution in [2.45, 2.75) is 11.8 Å². The van der Waals surface area contributed by atoms with Gasteiger partial charge >= 0.3 is 0 Å². The highest BCUT2D eigenvalue weighted by molar-refractivity contribution is 14.1. The Morgan fingerprint density at radius 3 is 2.43 bits per heavy atom. The molecular weight excluding hydrogens is 401 g/mol. The number of hydrogen-bond donors (Lipinski definition) is 1. The first-order valence-corrected chi connectivity index (χ1v) is 9.12. The molecule has 2 aromatic carbocycles. The zero-order valence-corrected chi connectivity index (χ0v) is 14.5. The molecule has 0 heterocycles. The van der Waals surface area contributed by atoms with Crippen molar-refractivity contribution < 1.29 is 13.2 Å². The minimum absolute atomic E-state index is 0.0330. The van der Waals surface area contributed by atoms with Gasteiger partial charge in [-0.2, -0.15) is 0 Å². The van der Waals surface area contributed by atoms with Gasteiger partial charge in [0, 0.05) is 15.5 Å². The van der Waals surface area contributed by atoms with Crippen LogP contribution in [0.25, 0.3) is 0 Å². The van der Waals surface area contributed by atoms with Crippen LogP contribution in [0.2, 0.25) is 0 Å². The van der Waals surface area contributed by atoms with Gasteiger partial charge in [0.1, 0.15) is 0 Å². The van der Waals surface area contributed by atoms with Gasteiger partial charge in [-0.15, -0.1) is 0 Å². The van der Waals surface area contributed by atoms with Crippen molar-refractivity contribution in [3.05, 3.63) is 57.2 Å². The molecule has 2 aromatic rings. The maximum Gasteiger partial charge on any atom is 0.256 e. The van der Waals surface area contributed by atoms with Crippen molar-refractivity contribution in [2.75, 3.05) is 11.6 Å². The largest absolute Gasteiger partial charge is 0.322 e. The lowest BCUT2D eigenvalue weighted by atomic mass is 10.1. The normalized spacial score (nSPS) is 11.2. The number of nitrogens with one attached hydrogen (secondary N) is 1. The van der Waals surface area contributed by atoms with Crippen LogP contribution < -0.4 is 5.32 Å². The SMILES string of the molecule is Cc1cc(I)ccc1NC(=O)c1ccccc1S(C)(=O)=O. The maximum atomic E-state index is 12.3. The highest BCUT2D eigenvalue weighted by Crippen LogP contribution is 2.21. The number of carbonyl (C=O) groups excluding carboxylic acids is 1. The van der Waals surface area contributed by atoms with Gasteiger partial charge < -0.3 is 5.32 Å². The molecule has 2 rings (SSSR count). The van der Waals surface area contributed by atoms with E-state index in [4.69, 9.17) is 0 Å². The predicted octanol–water partition coefficient (Wildman–Crippen LogP) is 3.26. The molecule has 6 heteroatoms. The molecule has 0 saturated heterocycles. The second-order valence-electron chi connectivity index (χ2n) is 4.68. The molecule has 110 valence electrons. The summed E-state index contributed by atoms with van der Waals surface area (Å²) in [5.41, 5.74) is 1.74. The summed E-state index contributed by atoms with van der Waals surface area (Å²) >= 11 is 2.19. The quantitative estimate of drug-likeness (QED) is 0.783. The highest BCUT2D eigenvalue weighted by Gasteiger charge is 2.18. The molecule has 0 aliphatic carbocycles. The topological polar surface area (TPSA) is 63.2 Å². The van der Waals surface area contributed by atoms with Gasteiger partial charge in [0.25, 0.3) is 5.91 Å². The van der Waals surface area contributed by atoms with Crippen LogP contribution in [-0.4, -0.2) is 20.6 Å². The molecule has 0 saturated carbocycles. The summed E-state index contributed by atoms with van der Waals surface area (Å²) in [6, 6.07) is 11.8. The number of rotatable bonds is 3. The van der Waals surface area contributed by atoms with Crippen molar-refractivity contribution in [2.24, 2.45) is 0 Å². The lowest BCUT2D eigenvalue weighted by Gasteiger charge is -2.11. The molecule has 0 radical (unpaired) electrons. The van der Waals surface area contributed by atoms with Gasteiger partial charge in [0.2, 0.25) is 0 Å². The Morgan fingerprint density at radius 1 is 1.14 bits per heavy atom. The molecule has 0 aliphatic heterocycles. The molecule has 0 spiro atoms. The predicted molar refractivity (Wildman–Crippen MR) is 91.4 cm³/mol. The van der Waals surface area contributed by atoms with Crippen LogP contribution in [0.3, 0.4) is 0 Å². The van der Waals surface area contributed by atoms with Crippen LogP contribution in [0.4, 0.5) is 5.69 Å². The number of anilines is 1. The van der Waals surface area contributed by atoms with Gasteiger partial charge in [-0.25, -0.2) is 8.42 Å². The minimum atomic E-state index is -3.45. The number of benzene rings is 2. The molecular formula is C15H14INO3S. The molecule has 4 nitrogen and oxygen atoms in total. The minimum Gasteiger partial charge on any atom is -0.322 e. The number of hydrogen-bond acceptors (Lipinski definition) is 3. The second kappa shape index (κ2) is 6.15. The number of sulfone groups is 1. The average Bonchev–Trinajstić information content (AvgIpc) is 2.41. The van der Waals surface area contributed by atoms with Gasteiger partial charge in [0.05, 0.1) is 10.5 Å². The lowest BCUT2D eigenvalue weighted by molar-refractivity contribution is 0.102. The molecule has 0 aromatic heterocycles. The van der Waals surface area contributed by atoms with E-state index in [1.54, 1.807) is 18.2 Å². The van der Waals surface area contributed by atoms with E-state index >= 15 is 0 Å². The third-order valence-electron chi connectivity index (χ3n) is 2.97. The number of amides is 1. The summed E-state index contributed by atoms with van der Waals surface area (Å²) < 4.78 is 24.6. The Balaban J connectivity index is 2.38. The molecule has 1 N–H and O–H groups in total. The Bertz CT molecular complexity index is 800. The van der Waals surface area contributed by atoms with E-state index in [1.165, 1.54) is 12.1 Å². The zero-order valence-electron chi connectivity index (χ0n) is 11.6. The van der Waals surface area contributed by atoms with Crippen molar-refractivity contribution >= 4 is 44.0 Å². The van der Waals surface area contributed by atoms with Crippen LogP contribution in [0.1, 0.15) is 15.9 Å². The van der Waals surface area contributed by atoms with Gasteiger partial charge in [-0.3, -0.25) is 4.79 Å². The first kappa shape index (κ1) is 16.0. The number of halogens is 1. The number of aryl methyl sites for hydroxylation is 1. The third kappa shape index (κ3) is 3.82. The summed E-state index contributed by atoms with van der Waals surface area (Å²) in [5, 5.41) is 2.76. The van der Waals surface area contributed by atoms with Gasteiger partial charge in [-0.05, 0) is 65.4 Å². The molecule has 0 bridgehead atoms. The molecule has 1 amide bonds. The Morgan fingerprint density at radius 2 is 1.81 bits per heavy atom. The fourth-order valence-corrected chi connectivity index (χ4v) is 3.47. The molecule has 21 heavy (non-hydrogen) atoms. The Hall–Kier alpha value is -1.41. The van der Waals surface area contributed by atoms with Crippen molar-refractivity contribution in [1.29, 1.82) is 0 Å².